The van der Waals surface area contributed by atoms with Gasteiger partial charge >= 0.3 is 0 Å². The zero-order valence-electron chi connectivity index (χ0n) is 14.0. The second-order valence-electron chi connectivity index (χ2n) is 5.79. The molecular weight excluding hydrogens is 324 g/mol. The van der Waals surface area contributed by atoms with Gasteiger partial charge in [0.05, 0.1) is 24.8 Å². The number of fused-ring (bicyclic) bond motifs is 1. The van der Waals surface area contributed by atoms with Gasteiger partial charge in [-0.15, -0.1) is 11.3 Å². The van der Waals surface area contributed by atoms with Crippen molar-refractivity contribution >= 4 is 22.2 Å². The van der Waals surface area contributed by atoms with E-state index in [-0.39, 0.29) is 5.91 Å². The van der Waals surface area contributed by atoms with Gasteiger partial charge in [0.2, 0.25) is 0 Å². The molecule has 0 saturated heterocycles. The lowest BCUT2D eigenvalue weighted by molar-refractivity contribution is 0.0954. The smallest absolute Gasteiger partial charge is 0.254 e. The number of hydrogen-bond donors (Lipinski definition) is 2. The van der Waals surface area contributed by atoms with Crippen molar-refractivity contribution in [3.05, 3.63) is 39.8 Å². The largest absolute Gasteiger partial charge is 0.493 e. The van der Waals surface area contributed by atoms with Crippen LogP contribution in [-0.2, 0) is 19.3 Å². The van der Waals surface area contributed by atoms with Crippen molar-refractivity contribution in [2.24, 2.45) is 0 Å². The minimum absolute atomic E-state index is 0.0626. The highest BCUT2D eigenvalue weighted by Gasteiger charge is 2.24. The molecule has 1 aromatic carbocycles. The Bertz CT molecular complexity index is 755. The molecule has 5 nitrogen and oxygen atoms in total. The number of methoxy groups -OCH3 is 2. The van der Waals surface area contributed by atoms with E-state index in [9.17, 15) is 4.79 Å². The number of carbonyl (C=O) groups excluding carboxylic acids is 1. The predicted octanol–water partition coefficient (Wildman–Crippen LogP) is 2.81. The van der Waals surface area contributed by atoms with Crippen LogP contribution in [-0.4, -0.2) is 26.7 Å². The molecule has 0 bridgehead atoms. The van der Waals surface area contributed by atoms with Crippen LogP contribution in [0.1, 0.15) is 32.8 Å². The Hall–Kier alpha value is -2.21. The van der Waals surface area contributed by atoms with Gasteiger partial charge in [-0.2, -0.15) is 0 Å². The Labute approximate surface area is 145 Å². The van der Waals surface area contributed by atoms with E-state index in [0.29, 0.717) is 28.6 Å². The number of hydrogen-bond acceptors (Lipinski definition) is 5. The summed E-state index contributed by atoms with van der Waals surface area (Å²) >= 11 is 1.56. The quantitative estimate of drug-likeness (QED) is 0.843. The van der Waals surface area contributed by atoms with Crippen molar-refractivity contribution in [3.8, 4) is 11.5 Å². The molecule has 128 valence electrons. The molecule has 0 unspecified atom stereocenters. The van der Waals surface area contributed by atoms with Crippen LogP contribution in [0.15, 0.2) is 18.2 Å². The number of aryl methyl sites for hydroxylation is 1. The summed E-state index contributed by atoms with van der Waals surface area (Å²) in [6.07, 6.45) is 3.84. The fourth-order valence-electron chi connectivity index (χ4n) is 3.12. The minimum Gasteiger partial charge on any atom is -0.493 e. The van der Waals surface area contributed by atoms with Crippen molar-refractivity contribution in [2.45, 2.75) is 25.7 Å². The van der Waals surface area contributed by atoms with Gasteiger partial charge in [0, 0.05) is 11.4 Å². The van der Waals surface area contributed by atoms with Gasteiger partial charge in [0.15, 0.2) is 11.5 Å². The van der Waals surface area contributed by atoms with Crippen molar-refractivity contribution in [3.63, 3.8) is 0 Å². The zero-order valence-corrected chi connectivity index (χ0v) is 14.8. The summed E-state index contributed by atoms with van der Waals surface area (Å²) in [5, 5.41) is 3.63. The van der Waals surface area contributed by atoms with E-state index in [4.69, 9.17) is 15.2 Å². The summed E-state index contributed by atoms with van der Waals surface area (Å²) in [7, 11) is 3.23. The number of carbonyl (C=O) groups is 1. The summed E-state index contributed by atoms with van der Waals surface area (Å²) in [5.41, 5.74) is 8.96. The molecule has 6 heteroatoms. The Morgan fingerprint density at radius 3 is 2.79 bits per heavy atom. The third-order valence-electron chi connectivity index (χ3n) is 4.32. The van der Waals surface area contributed by atoms with Crippen molar-refractivity contribution in [1.29, 1.82) is 0 Å². The van der Waals surface area contributed by atoms with E-state index in [2.05, 4.69) is 5.32 Å². The first kappa shape index (κ1) is 16.6. The van der Waals surface area contributed by atoms with Crippen LogP contribution in [0.25, 0.3) is 0 Å². The fourth-order valence-corrected chi connectivity index (χ4v) is 4.28. The van der Waals surface area contributed by atoms with Crippen LogP contribution in [0, 0.1) is 0 Å². The second kappa shape index (κ2) is 7.13. The lowest BCUT2D eigenvalue weighted by atomic mass is 10.1. The first-order valence-electron chi connectivity index (χ1n) is 8.03. The van der Waals surface area contributed by atoms with Crippen molar-refractivity contribution in [2.75, 3.05) is 26.5 Å². The molecule has 24 heavy (non-hydrogen) atoms. The van der Waals surface area contributed by atoms with Crippen LogP contribution < -0.4 is 20.5 Å². The summed E-state index contributed by atoms with van der Waals surface area (Å²) in [4.78, 5) is 13.7. The van der Waals surface area contributed by atoms with Crippen LogP contribution in [0.2, 0.25) is 0 Å². The van der Waals surface area contributed by atoms with Gasteiger partial charge in [0.1, 0.15) is 0 Å². The van der Waals surface area contributed by atoms with E-state index in [1.165, 1.54) is 4.88 Å². The molecule has 0 fully saturated rings. The van der Waals surface area contributed by atoms with Crippen LogP contribution in [0.4, 0.5) is 5.00 Å². The summed E-state index contributed by atoms with van der Waals surface area (Å²) in [6, 6.07) is 5.78. The van der Waals surface area contributed by atoms with E-state index in [1.54, 1.807) is 25.6 Å². The number of nitrogens with two attached hydrogens (primary N) is 1. The molecule has 1 aliphatic carbocycles. The average Bonchev–Trinajstić information content (AvgIpc) is 3.14. The lowest BCUT2D eigenvalue weighted by Crippen LogP contribution is -2.26. The Morgan fingerprint density at radius 2 is 2.04 bits per heavy atom. The van der Waals surface area contributed by atoms with Crippen LogP contribution in [0.5, 0.6) is 11.5 Å². The van der Waals surface area contributed by atoms with Gasteiger partial charge in [-0.3, -0.25) is 4.79 Å². The molecule has 2 aromatic rings. The molecule has 0 atom stereocenters. The number of thiophene rings is 1. The molecule has 3 rings (SSSR count). The highest BCUT2D eigenvalue weighted by molar-refractivity contribution is 7.16. The number of ether oxygens (including phenoxy) is 2. The Balaban J connectivity index is 1.62. The number of anilines is 1. The third-order valence-corrected chi connectivity index (χ3v) is 5.44. The topological polar surface area (TPSA) is 73.6 Å². The monoisotopic (exact) mass is 346 g/mol. The Kier molecular flexibility index (Phi) is 4.94. The normalized spacial score (nSPS) is 12.8. The van der Waals surface area contributed by atoms with Gasteiger partial charge in [-0.05, 0) is 48.9 Å². The van der Waals surface area contributed by atoms with E-state index < -0.39 is 0 Å². The summed E-state index contributed by atoms with van der Waals surface area (Å²) in [6.45, 7) is 0.554. The molecule has 3 N–H and O–H groups in total. The van der Waals surface area contributed by atoms with Gasteiger partial charge in [-0.1, -0.05) is 6.07 Å². The highest BCUT2D eigenvalue weighted by atomic mass is 32.1. The lowest BCUT2D eigenvalue weighted by Gasteiger charge is -2.10. The Morgan fingerprint density at radius 1 is 1.25 bits per heavy atom. The number of nitrogens with one attached hydrogen (secondary N) is 1. The maximum absolute atomic E-state index is 12.5. The maximum atomic E-state index is 12.5. The highest BCUT2D eigenvalue weighted by Crippen LogP contribution is 2.37. The van der Waals surface area contributed by atoms with Crippen LogP contribution >= 0.6 is 11.3 Å². The van der Waals surface area contributed by atoms with E-state index in [1.807, 2.05) is 18.2 Å². The molecule has 0 aliphatic heterocycles. The first-order chi connectivity index (χ1) is 11.6. The van der Waals surface area contributed by atoms with Crippen LogP contribution in [0.3, 0.4) is 0 Å². The molecular formula is C18H22N2O3S. The molecule has 1 amide bonds. The van der Waals surface area contributed by atoms with Crippen molar-refractivity contribution < 1.29 is 14.3 Å². The number of nitrogen functional groups attached to an aromatic ring is 1. The number of amides is 1. The average molecular weight is 346 g/mol. The summed E-state index contributed by atoms with van der Waals surface area (Å²) in [5.74, 6) is 1.33. The third kappa shape index (κ3) is 3.19. The molecule has 1 aromatic heterocycles. The predicted molar refractivity (Wildman–Crippen MR) is 96.3 cm³/mol. The molecule has 0 radical (unpaired) electrons. The van der Waals surface area contributed by atoms with E-state index in [0.717, 1.165) is 36.8 Å². The number of benzene rings is 1. The van der Waals surface area contributed by atoms with Crippen molar-refractivity contribution in [1.82, 2.24) is 5.32 Å². The molecule has 0 spiro atoms. The minimum atomic E-state index is -0.0626. The zero-order chi connectivity index (χ0) is 17.1. The molecule has 1 aliphatic rings. The van der Waals surface area contributed by atoms with Gasteiger partial charge < -0.3 is 20.5 Å². The standard InChI is InChI=1S/C18H22N2O3S/c1-22-13-7-6-11(10-14(13)23-2)8-9-20-18(21)16-12-4-3-5-15(12)24-17(16)19/h6-7,10H,3-5,8-9,19H2,1-2H3,(H,20,21). The van der Waals surface area contributed by atoms with Gasteiger partial charge in [-0.25, -0.2) is 0 Å². The first-order valence-corrected chi connectivity index (χ1v) is 8.84. The maximum Gasteiger partial charge on any atom is 0.254 e. The molecule has 1 heterocycles. The fraction of sp³-hybridized carbons (Fsp3) is 0.389. The second-order valence-corrected chi connectivity index (χ2v) is 6.93. The summed E-state index contributed by atoms with van der Waals surface area (Å²) < 4.78 is 10.5. The van der Waals surface area contributed by atoms with E-state index >= 15 is 0 Å². The SMILES string of the molecule is COc1ccc(CCNC(=O)c2c(N)sc3c2CCC3)cc1OC. The van der Waals surface area contributed by atoms with Gasteiger partial charge in [0.25, 0.3) is 5.91 Å². The number of rotatable bonds is 6. The molecule has 0 saturated carbocycles.